The third-order valence-electron chi connectivity index (χ3n) is 3.11. The fourth-order valence-electron chi connectivity index (χ4n) is 1.66. The van der Waals surface area contributed by atoms with Crippen LogP contribution in [0.2, 0.25) is 0 Å². The van der Waals surface area contributed by atoms with Crippen LogP contribution >= 0.6 is 11.3 Å². The van der Waals surface area contributed by atoms with Gasteiger partial charge in [-0.15, -0.1) is 10.2 Å². The van der Waals surface area contributed by atoms with Crippen molar-refractivity contribution >= 4 is 32.2 Å². The third-order valence-corrected chi connectivity index (χ3v) is 5.62. The summed E-state index contributed by atoms with van der Waals surface area (Å²) in [6.07, 6.45) is 0.271. The molecule has 0 saturated heterocycles. The fourth-order valence-corrected chi connectivity index (χ4v) is 3.17. The Kier molecular flexibility index (Phi) is 5.00. The minimum absolute atomic E-state index is 0.117. The number of sulfone groups is 1. The summed E-state index contributed by atoms with van der Waals surface area (Å²) in [5, 5.41) is 9.78. The number of nitrogens with zero attached hydrogens (tertiary/aromatic N) is 2. The number of carbonyl (C=O) groups is 1. The molecule has 1 aromatic heterocycles. The smallest absolute Gasteiger partial charge is 0.266 e. The first-order valence-corrected chi connectivity index (χ1v) is 9.46. The maximum absolute atomic E-state index is 12.1. The number of aryl methyl sites for hydroxylation is 2. The maximum atomic E-state index is 12.1. The van der Waals surface area contributed by atoms with Crippen LogP contribution < -0.4 is 10.1 Å². The van der Waals surface area contributed by atoms with Gasteiger partial charge in [0.15, 0.2) is 6.10 Å². The summed E-state index contributed by atoms with van der Waals surface area (Å²) in [6, 6.07) is 5.56. The lowest BCUT2D eigenvalue weighted by Crippen LogP contribution is -2.30. The first-order chi connectivity index (χ1) is 10.7. The number of nitrogens with one attached hydrogen (secondary N) is 1. The van der Waals surface area contributed by atoms with Gasteiger partial charge >= 0.3 is 0 Å². The molecule has 2 rings (SSSR count). The monoisotopic (exact) mass is 355 g/mol. The number of anilines is 1. The Bertz CT molecular complexity index is 830. The van der Waals surface area contributed by atoms with Crippen LogP contribution in [-0.2, 0) is 14.6 Å². The summed E-state index contributed by atoms with van der Waals surface area (Å²) in [4.78, 5) is 12.1. The van der Waals surface area contributed by atoms with Crippen LogP contribution in [0.1, 0.15) is 18.1 Å². The van der Waals surface area contributed by atoms with Crippen molar-refractivity contribution in [2.24, 2.45) is 0 Å². The molecule has 9 heteroatoms. The van der Waals surface area contributed by atoms with E-state index < -0.39 is 21.8 Å². The third kappa shape index (κ3) is 4.49. The van der Waals surface area contributed by atoms with Crippen LogP contribution in [-0.4, -0.2) is 36.9 Å². The molecule has 1 atom stereocenters. The van der Waals surface area contributed by atoms with Gasteiger partial charge in [-0.25, -0.2) is 8.42 Å². The zero-order valence-electron chi connectivity index (χ0n) is 13.2. The zero-order valence-corrected chi connectivity index (χ0v) is 14.8. The van der Waals surface area contributed by atoms with E-state index in [1.54, 1.807) is 13.0 Å². The van der Waals surface area contributed by atoms with Gasteiger partial charge < -0.3 is 4.74 Å². The van der Waals surface area contributed by atoms with E-state index in [9.17, 15) is 13.2 Å². The number of aromatic nitrogens is 2. The van der Waals surface area contributed by atoms with Gasteiger partial charge in [-0.1, -0.05) is 17.4 Å². The van der Waals surface area contributed by atoms with E-state index in [0.717, 1.165) is 28.7 Å². The second-order valence-electron chi connectivity index (χ2n) is 5.14. The molecule has 1 heterocycles. The molecule has 0 aliphatic heterocycles. The molecule has 0 saturated carbocycles. The molecular formula is C14H17N3O4S2. The van der Waals surface area contributed by atoms with Gasteiger partial charge in [-0.2, -0.15) is 0 Å². The van der Waals surface area contributed by atoms with Gasteiger partial charge in [0.1, 0.15) is 5.75 Å². The van der Waals surface area contributed by atoms with Crippen LogP contribution in [0.5, 0.6) is 5.75 Å². The Hall–Kier alpha value is -2.00. The van der Waals surface area contributed by atoms with Gasteiger partial charge in [0, 0.05) is 6.26 Å². The van der Waals surface area contributed by atoms with Crippen molar-refractivity contribution in [3.05, 3.63) is 29.3 Å². The number of amides is 1. The number of hydrogen-bond donors (Lipinski definition) is 1. The highest BCUT2D eigenvalue weighted by atomic mass is 32.2. The maximum Gasteiger partial charge on any atom is 0.266 e. The van der Waals surface area contributed by atoms with E-state index in [1.807, 2.05) is 26.0 Å². The van der Waals surface area contributed by atoms with Gasteiger partial charge in [0.25, 0.3) is 5.91 Å². The Morgan fingerprint density at radius 3 is 2.52 bits per heavy atom. The second kappa shape index (κ2) is 6.63. The van der Waals surface area contributed by atoms with Gasteiger partial charge in [0.05, 0.1) is 0 Å². The fraction of sp³-hybridized carbons (Fsp3) is 0.357. The molecule has 0 fully saturated rings. The van der Waals surface area contributed by atoms with Gasteiger partial charge in [0.2, 0.25) is 19.3 Å². The highest BCUT2D eigenvalue weighted by Crippen LogP contribution is 2.21. The van der Waals surface area contributed by atoms with Crippen LogP contribution in [0.25, 0.3) is 0 Å². The number of hydrogen-bond acceptors (Lipinski definition) is 7. The van der Waals surface area contributed by atoms with E-state index in [0.29, 0.717) is 5.75 Å². The number of ether oxygens (including phenoxy) is 1. The normalized spacial score (nSPS) is 12.7. The van der Waals surface area contributed by atoms with Gasteiger partial charge in [-0.3, -0.25) is 10.1 Å². The molecule has 0 aliphatic carbocycles. The molecule has 0 spiro atoms. The molecule has 23 heavy (non-hydrogen) atoms. The second-order valence-corrected chi connectivity index (χ2v) is 8.31. The predicted molar refractivity (Wildman–Crippen MR) is 87.7 cm³/mol. The molecule has 1 amide bonds. The highest BCUT2D eigenvalue weighted by molar-refractivity contribution is 7.92. The molecule has 0 aliphatic rings. The van der Waals surface area contributed by atoms with E-state index in [4.69, 9.17) is 4.74 Å². The average Bonchev–Trinajstić information content (AvgIpc) is 2.91. The summed E-state index contributed by atoms with van der Waals surface area (Å²) in [5.41, 5.74) is 2.20. The minimum Gasteiger partial charge on any atom is -0.481 e. The molecule has 7 nitrogen and oxygen atoms in total. The minimum atomic E-state index is -3.43. The molecule has 0 radical (unpaired) electrons. The Labute approximate surface area is 138 Å². The van der Waals surface area contributed by atoms with Crippen LogP contribution in [0.3, 0.4) is 0 Å². The van der Waals surface area contributed by atoms with Crippen molar-refractivity contribution in [3.63, 3.8) is 0 Å². The van der Waals surface area contributed by atoms with Crippen molar-refractivity contribution < 1.29 is 17.9 Å². The van der Waals surface area contributed by atoms with Crippen LogP contribution in [0, 0.1) is 13.8 Å². The number of rotatable bonds is 5. The standard InChI is InChI=1S/C14H17N3O4S2/c1-8-5-6-11(7-9(8)2)21-10(3)12(18)15-13-16-17-14(22-13)23(4,19)20/h5-7,10H,1-4H3,(H,15,16,18). The molecular weight excluding hydrogens is 338 g/mol. The van der Waals surface area contributed by atoms with Gasteiger partial charge in [-0.05, 0) is 44.0 Å². The topological polar surface area (TPSA) is 98.2 Å². The van der Waals surface area contributed by atoms with E-state index >= 15 is 0 Å². The first kappa shape index (κ1) is 17.4. The summed E-state index contributed by atoms with van der Waals surface area (Å²) in [5.74, 6) is 0.157. The van der Waals surface area contributed by atoms with Crippen molar-refractivity contribution in [3.8, 4) is 5.75 Å². The van der Waals surface area contributed by atoms with E-state index in [-0.39, 0.29) is 9.47 Å². The lowest BCUT2D eigenvalue weighted by Gasteiger charge is -2.14. The summed E-state index contributed by atoms with van der Waals surface area (Å²) >= 11 is 0.799. The van der Waals surface area contributed by atoms with Crippen LogP contribution in [0.15, 0.2) is 22.5 Å². The first-order valence-electron chi connectivity index (χ1n) is 6.75. The van der Waals surface area contributed by atoms with E-state index in [2.05, 4.69) is 15.5 Å². The SMILES string of the molecule is Cc1ccc(OC(C)C(=O)Nc2nnc(S(C)(=O)=O)s2)cc1C. The van der Waals surface area contributed by atoms with Crippen LogP contribution in [0.4, 0.5) is 5.13 Å². The van der Waals surface area contributed by atoms with Crippen molar-refractivity contribution in [1.29, 1.82) is 0 Å². The predicted octanol–water partition coefficient (Wildman–Crippen LogP) is 1.96. The lowest BCUT2D eigenvalue weighted by atomic mass is 10.1. The lowest BCUT2D eigenvalue weighted by molar-refractivity contribution is -0.122. The largest absolute Gasteiger partial charge is 0.481 e. The Morgan fingerprint density at radius 1 is 1.26 bits per heavy atom. The molecule has 1 aromatic carbocycles. The Balaban J connectivity index is 2.02. The van der Waals surface area contributed by atoms with E-state index in [1.165, 1.54) is 0 Å². The highest BCUT2D eigenvalue weighted by Gasteiger charge is 2.19. The summed E-state index contributed by atoms with van der Waals surface area (Å²) < 4.78 is 28.1. The summed E-state index contributed by atoms with van der Waals surface area (Å²) in [7, 11) is -3.43. The quantitative estimate of drug-likeness (QED) is 0.823. The van der Waals surface area contributed by atoms with Crippen molar-refractivity contribution in [2.75, 3.05) is 11.6 Å². The molecule has 2 aromatic rings. The Morgan fingerprint density at radius 2 is 1.96 bits per heavy atom. The van der Waals surface area contributed by atoms with Crippen molar-refractivity contribution in [1.82, 2.24) is 10.2 Å². The summed E-state index contributed by atoms with van der Waals surface area (Å²) in [6.45, 7) is 5.55. The van der Waals surface area contributed by atoms with Crippen molar-refractivity contribution in [2.45, 2.75) is 31.2 Å². The molecule has 1 unspecified atom stereocenters. The number of carbonyl (C=O) groups excluding carboxylic acids is 1. The average molecular weight is 355 g/mol. The molecule has 0 bridgehead atoms. The zero-order chi connectivity index (χ0) is 17.2. The number of benzene rings is 1. The molecule has 124 valence electrons. The molecule has 1 N–H and O–H groups in total.